The highest BCUT2D eigenvalue weighted by molar-refractivity contribution is 7.24. The molecule has 0 fully saturated rings. The lowest BCUT2D eigenvalue weighted by Gasteiger charge is -2.08. The fourth-order valence-corrected chi connectivity index (χ4v) is 6.62. The Morgan fingerprint density at radius 2 is 1.39 bits per heavy atom. The number of pyridine rings is 2. The molecule has 0 atom stereocenters. The number of rotatable bonds is 2. The Balaban J connectivity index is 1.38. The van der Waals surface area contributed by atoms with Crippen LogP contribution in [0, 0.1) is 0 Å². The SMILES string of the molecule is c1cc(-c2ccc3ccc4cccnc4c3n2)cc(-c2c3ccccc3n3c2sc2ccccc23)c1. The van der Waals surface area contributed by atoms with Crippen LogP contribution in [0.3, 0.4) is 0 Å². The third-order valence-corrected chi connectivity index (χ3v) is 8.17. The lowest BCUT2D eigenvalue weighted by Crippen LogP contribution is -1.89. The van der Waals surface area contributed by atoms with Crippen molar-refractivity contribution in [3.63, 3.8) is 0 Å². The Bertz CT molecular complexity index is 2120. The number of aromatic nitrogens is 3. The monoisotopic (exact) mass is 477 g/mol. The van der Waals surface area contributed by atoms with Crippen molar-refractivity contribution in [1.82, 2.24) is 14.4 Å². The lowest BCUT2D eigenvalue weighted by atomic mass is 10.0. The molecule has 0 aliphatic rings. The molecule has 4 heterocycles. The van der Waals surface area contributed by atoms with Crippen LogP contribution in [0.25, 0.3) is 70.1 Å². The van der Waals surface area contributed by atoms with Crippen molar-refractivity contribution >= 4 is 59.1 Å². The predicted molar refractivity (Wildman–Crippen MR) is 152 cm³/mol. The number of benzene rings is 4. The molecular formula is C32H19N3S. The fourth-order valence-electron chi connectivity index (χ4n) is 5.38. The first kappa shape index (κ1) is 19.7. The van der Waals surface area contributed by atoms with E-state index in [0.29, 0.717) is 0 Å². The maximum absolute atomic E-state index is 5.09. The van der Waals surface area contributed by atoms with Crippen LogP contribution in [-0.2, 0) is 0 Å². The van der Waals surface area contributed by atoms with Crippen molar-refractivity contribution in [2.45, 2.75) is 0 Å². The average Bonchev–Trinajstić information content (AvgIpc) is 3.47. The molecule has 0 aliphatic heterocycles. The Kier molecular flexibility index (Phi) is 4.10. The smallest absolute Gasteiger partial charge is 0.109 e. The van der Waals surface area contributed by atoms with Crippen LogP contribution in [-0.4, -0.2) is 14.4 Å². The van der Waals surface area contributed by atoms with Gasteiger partial charge < -0.3 is 0 Å². The fraction of sp³-hybridized carbons (Fsp3) is 0. The minimum absolute atomic E-state index is 0.942. The van der Waals surface area contributed by atoms with Gasteiger partial charge in [-0.05, 0) is 42.0 Å². The molecule has 0 radical (unpaired) electrons. The van der Waals surface area contributed by atoms with Gasteiger partial charge in [0.25, 0.3) is 0 Å². The number of thiazole rings is 1. The topological polar surface area (TPSA) is 30.2 Å². The van der Waals surface area contributed by atoms with Gasteiger partial charge in [-0.1, -0.05) is 72.8 Å². The molecule has 0 spiro atoms. The number of fused-ring (bicyclic) bond motifs is 8. The van der Waals surface area contributed by atoms with Gasteiger partial charge in [-0.25, -0.2) is 4.98 Å². The molecule has 4 aromatic carbocycles. The minimum atomic E-state index is 0.942. The molecule has 0 aliphatic carbocycles. The van der Waals surface area contributed by atoms with Crippen LogP contribution in [0.15, 0.2) is 115 Å². The molecule has 0 unspecified atom stereocenters. The van der Waals surface area contributed by atoms with E-state index in [1.807, 2.05) is 23.6 Å². The molecule has 4 aromatic heterocycles. The highest BCUT2D eigenvalue weighted by Crippen LogP contribution is 2.42. The van der Waals surface area contributed by atoms with Crippen LogP contribution < -0.4 is 0 Å². The van der Waals surface area contributed by atoms with Gasteiger partial charge in [0.05, 0.1) is 32.5 Å². The quantitative estimate of drug-likeness (QED) is 0.233. The zero-order chi connectivity index (χ0) is 23.6. The highest BCUT2D eigenvalue weighted by atomic mass is 32.1. The summed E-state index contributed by atoms with van der Waals surface area (Å²) in [5, 5.41) is 3.48. The van der Waals surface area contributed by atoms with Crippen molar-refractivity contribution in [2.75, 3.05) is 0 Å². The maximum Gasteiger partial charge on any atom is 0.109 e. The summed E-state index contributed by atoms with van der Waals surface area (Å²) in [6.45, 7) is 0. The molecule has 0 amide bonds. The van der Waals surface area contributed by atoms with Crippen molar-refractivity contribution in [1.29, 1.82) is 0 Å². The number of hydrogen-bond donors (Lipinski definition) is 0. The van der Waals surface area contributed by atoms with E-state index in [1.54, 1.807) is 0 Å². The Morgan fingerprint density at radius 3 is 2.33 bits per heavy atom. The molecule has 36 heavy (non-hydrogen) atoms. The van der Waals surface area contributed by atoms with Gasteiger partial charge >= 0.3 is 0 Å². The zero-order valence-electron chi connectivity index (χ0n) is 19.2. The predicted octanol–water partition coefficient (Wildman–Crippen LogP) is 8.74. The lowest BCUT2D eigenvalue weighted by molar-refractivity contribution is 1.37. The third-order valence-electron chi connectivity index (χ3n) is 7.02. The second-order valence-electron chi connectivity index (χ2n) is 9.09. The summed E-state index contributed by atoms with van der Waals surface area (Å²) in [6.07, 6.45) is 1.84. The molecule has 8 rings (SSSR count). The Hall–Kier alpha value is -4.54. The molecule has 0 saturated carbocycles. The van der Waals surface area contributed by atoms with E-state index in [2.05, 4.69) is 113 Å². The molecular weight excluding hydrogens is 458 g/mol. The first-order valence-electron chi connectivity index (χ1n) is 12.0. The molecule has 0 N–H and O–H groups in total. The molecule has 4 heteroatoms. The van der Waals surface area contributed by atoms with Crippen molar-refractivity contribution in [2.24, 2.45) is 0 Å². The van der Waals surface area contributed by atoms with Crippen molar-refractivity contribution in [3.8, 4) is 22.4 Å². The summed E-state index contributed by atoms with van der Waals surface area (Å²) < 4.78 is 3.70. The number of hydrogen-bond acceptors (Lipinski definition) is 3. The zero-order valence-corrected chi connectivity index (χ0v) is 20.0. The van der Waals surface area contributed by atoms with Crippen LogP contribution >= 0.6 is 11.3 Å². The second kappa shape index (κ2) is 7.48. The van der Waals surface area contributed by atoms with Crippen molar-refractivity contribution < 1.29 is 0 Å². The normalized spacial score (nSPS) is 11.9. The van der Waals surface area contributed by atoms with E-state index in [9.17, 15) is 0 Å². The van der Waals surface area contributed by atoms with E-state index in [0.717, 1.165) is 33.1 Å². The van der Waals surface area contributed by atoms with Crippen LogP contribution in [0.1, 0.15) is 0 Å². The number of nitrogens with zero attached hydrogens (tertiary/aromatic N) is 3. The van der Waals surface area contributed by atoms with Gasteiger partial charge in [0.1, 0.15) is 4.83 Å². The van der Waals surface area contributed by atoms with Crippen LogP contribution in [0.2, 0.25) is 0 Å². The summed E-state index contributed by atoms with van der Waals surface area (Å²) >= 11 is 1.85. The van der Waals surface area contributed by atoms with E-state index < -0.39 is 0 Å². The standard InChI is InChI=1S/C32H19N3S/c1-2-11-26-24(10-1)29(32-35(26)27-12-3-4-13-28(27)36-32)23-8-5-7-22(19-23)25-17-16-21-15-14-20-9-6-18-33-30(20)31(21)34-25/h1-19H. The Labute approximate surface area is 210 Å². The van der Waals surface area contributed by atoms with Crippen molar-refractivity contribution in [3.05, 3.63) is 115 Å². The van der Waals surface area contributed by atoms with Crippen LogP contribution in [0.4, 0.5) is 0 Å². The van der Waals surface area contributed by atoms with Crippen LogP contribution in [0.5, 0.6) is 0 Å². The highest BCUT2D eigenvalue weighted by Gasteiger charge is 2.18. The van der Waals surface area contributed by atoms with E-state index in [4.69, 9.17) is 4.98 Å². The molecule has 0 saturated heterocycles. The van der Waals surface area contributed by atoms with E-state index in [-0.39, 0.29) is 0 Å². The Morgan fingerprint density at radius 1 is 0.611 bits per heavy atom. The first-order chi connectivity index (χ1) is 17.8. The second-order valence-corrected chi connectivity index (χ2v) is 10.1. The van der Waals surface area contributed by atoms with Gasteiger partial charge in [-0.2, -0.15) is 0 Å². The van der Waals surface area contributed by atoms with E-state index >= 15 is 0 Å². The molecule has 8 aromatic rings. The van der Waals surface area contributed by atoms with Gasteiger partial charge in [0.15, 0.2) is 0 Å². The minimum Gasteiger partial charge on any atom is -0.299 e. The van der Waals surface area contributed by atoms with E-state index in [1.165, 1.54) is 37.1 Å². The van der Waals surface area contributed by atoms with Gasteiger partial charge in [0, 0.05) is 33.5 Å². The summed E-state index contributed by atoms with van der Waals surface area (Å²) in [5.41, 5.74) is 8.93. The maximum atomic E-state index is 5.09. The summed E-state index contributed by atoms with van der Waals surface area (Å²) in [4.78, 5) is 11.0. The summed E-state index contributed by atoms with van der Waals surface area (Å²) in [7, 11) is 0. The van der Waals surface area contributed by atoms with Gasteiger partial charge in [-0.3, -0.25) is 9.38 Å². The first-order valence-corrected chi connectivity index (χ1v) is 12.8. The van der Waals surface area contributed by atoms with Gasteiger partial charge in [0.2, 0.25) is 0 Å². The largest absolute Gasteiger partial charge is 0.299 e. The molecule has 3 nitrogen and oxygen atoms in total. The number of para-hydroxylation sites is 2. The summed E-state index contributed by atoms with van der Waals surface area (Å²) in [6, 6.07) is 38.7. The average molecular weight is 478 g/mol. The summed E-state index contributed by atoms with van der Waals surface area (Å²) in [5.74, 6) is 0. The molecule has 0 bridgehead atoms. The molecule has 168 valence electrons. The van der Waals surface area contributed by atoms with Gasteiger partial charge in [-0.15, -0.1) is 11.3 Å². The third kappa shape index (κ3) is 2.79.